The number of carbonyl (C=O) groups excluding carboxylic acids is 1. The van der Waals surface area contributed by atoms with Crippen LogP contribution in [0.2, 0.25) is 0 Å². The zero-order chi connectivity index (χ0) is 30.3. The Balaban J connectivity index is 0.000000437. The van der Waals surface area contributed by atoms with Crippen LogP contribution in [0.15, 0.2) is 65.6 Å². The summed E-state index contributed by atoms with van der Waals surface area (Å²) in [6.07, 6.45) is 2.46. The number of benzene rings is 3. The van der Waals surface area contributed by atoms with Crippen LogP contribution in [-0.2, 0) is 16.9 Å². The fourth-order valence-electron chi connectivity index (χ4n) is 4.95. The van der Waals surface area contributed by atoms with Gasteiger partial charge in [-0.3, -0.25) is 0 Å². The maximum atomic E-state index is 14.8. The predicted molar refractivity (Wildman–Crippen MR) is 156 cm³/mol. The number of hydrogen-bond acceptors (Lipinski definition) is 6. The number of hydrogen-bond donors (Lipinski definition) is 2. The summed E-state index contributed by atoms with van der Waals surface area (Å²) in [6, 6.07) is 12.1. The fourth-order valence-corrected chi connectivity index (χ4v) is 5.73. The van der Waals surface area contributed by atoms with Crippen LogP contribution < -0.4 is 15.2 Å². The number of likely N-dealkylation sites (tertiary alicyclic amines) is 1. The number of aldehydes is 1. The lowest BCUT2D eigenvalue weighted by molar-refractivity contribution is -0.137. The van der Waals surface area contributed by atoms with E-state index in [4.69, 9.17) is 10.5 Å². The molecule has 1 heterocycles. The molecule has 0 amide bonds. The van der Waals surface area contributed by atoms with Crippen molar-refractivity contribution >= 4 is 29.0 Å². The summed E-state index contributed by atoms with van der Waals surface area (Å²) in [5, 5.41) is 1.81. The highest BCUT2D eigenvalue weighted by Crippen LogP contribution is 2.36. The molecule has 11 heteroatoms. The van der Waals surface area contributed by atoms with Crippen LogP contribution in [0.3, 0.4) is 0 Å². The molecule has 1 aliphatic carbocycles. The molecule has 0 spiro atoms. The standard InChI is InChI=1S/C25H22F5NO2S.C6H14N2/c26-24(27,18-7-9-19(10-8-18)25(28,29)30)23(15-32)31-34-22-12-6-16-13-21(11-5-17(16)14-22)33-20-3-1-2-4-20;1-8-4-2-6(7)3-5-8/h5-15,20,23,31H,1-4H2;6H,2-5,7H2,1H3. The Morgan fingerprint density at radius 2 is 1.50 bits per heavy atom. The first-order valence-electron chi connectivity index (χ1n) is 14.0. The number of rotatable bonds is 8. The van der Waals surface area contributed by atoms with Crippen molar-refractivity contribution in [3.05, 3.63) is 71.8 Å². The molecule has 2 aliphatic rings. The predicted octanol–water partition coefficient (Wildman–Crippen LogP) is 7.18. The minimum Gasteiger partial charge on any atom is -0.490 e. The van der Waals surface area contributed by atoms with E-state index in [1.54, 1.807) is 12.1 Å². The van der Waals surface area contributed by atoms with E-state index in [9.17, 15) is 26.7 Å². The van der Waals surface area contributed by atoms with E-state index < -0.39 is 29.3 Å². The summed E-state index contributed by atoms with van der Waals surface area (Å²) >= 11 is 0.855. The first kappa shape index (κ1) is 32.2. The Morgan fingerprint density at radius 1 is 0.905 bits per heavy atom. The normalized spacial score (nSPS) is 18.0. The molecule has 1 saturated carbocycles. The quantitative estimate of drug-likeness (QED) is 0.160. The van der Waals surface area contributed by atoms with Gasteiger partial charge in [0.1, 0.15) is 18.1 Å². The van der Waals surface area contributed by atoms with Crippen LogP contribution in [0.4, 0.5) is 22.0 Å². The highest BCUT2D eigenvalue weighted by molar-refractivity contribution is 7.97. The molecular weight excluding hydrogens is 573 g/mol. The van der Waals surface area contributed by atoms with Gasteiger partial charge in [0, 0.05) is 16.5 Å². The maximum absolute atomic E-state index is 14.8. The molecule has 5 nitrogen and oxygen atoms in total. The molecule has 0 radical (unpaired) electrons. The molecular formula is C31H36F5N3O2S. The average Bonchev–Trinajstić information content (AvgIpc) is 3.48. The zero-order valence-corrected chi connectivity index (χ0v) is 24.2. The van der Waals surface area contributed by atoms with Crippen LogP contribution >= 0.6 is 11.9 Å². The van der Waals surface area contributed by atoms with E-state index in [2.05, 4.69) is 16.7 Å². The first-order chi connectivity index (χ1) is 20.0. The Hall–Kier alpha value is -2.73. The van der Waals surface area contributed by atoms with E-state index in [1.165, 1.54) is 38.8 Å². The van der Waals surface area contributed by atoms with Crippen molar-refractivity contribution in [3.63, 3.8) is 0 Å². The minimum atomic E-state index is -4.63. The highest BCUT2D eigenvalue weighted by atomic mass is 32.2. The van der Waals surface area contributed by atoms with E-state index in [-0.39, 0.29) is 12.4 Å². The van der Waals surface area contributed by atoms with Crippen LogP contribution in [0, 0.1) is 0 Å². The topological polar surface area (TPSA) is 67.6 Å². The molecule has 3 N–H and O–H groups in total. The maximum Gasteiger partial charge on any atom is 0.416 e. The van der Waals surface area contributed by atoms with Crippen LogP contribution in [0.25, 0.3) is 10.8 Å². The first-order valence-corrected chi connectivity index (χ1v) is 14.8. The number of fused-ring (bicyclic) bond motifs is 1. The molecule has 1 aliphatic heterocycles. The van der Waals surface area contributed by atoms with Crippen LogP contribution in [-0.4, -0.2) is 49.5 Å². The lowest BCUT2D eigenvalue weighted by atomic mass is 10.0. The third-order valence-corrected chi connectivity index (χ3v) is 8.44. The second kappa shape index (κ2) is 14.2. The summed E-state index contributed by atoms with van der Waals surface area (Å²) in [5.74, 6) is -2.92. The molecule has 1 saturated heterocycles. The van der Waals surface area contributed by atoms with Crippen molar-refractivity contribution in [2.24, 2.45) is 5.73 Å². The second-order valence-corrected chi connectivity index (χ2v) is 11.8. The average molecular weight is 610 g/mol. The van der Waals surface area contributed by atoms with Crippen LogP contribution in [0.5, 0.6) is 5.75 Å². The van der Waals surface area contributed by atoms with E-state index in [1.807, 2.05) is 24.3 Å². The highest BCUT2D eigenvalue weighted by Gasteiger charge is 2.42. The number of halogens is 5. The molecule has 42 heavy (non-hydrogen) atoms. The van der Waals surface area contributed by atoms with Gasteiger partial charge >= 0.3 is 6.18 Å². The number of nitrogens with zero attached hydrogens (tertiary/aromatic N) is 1. The third-order valence-electron chi connectivity index (χ3n) is 7.58. The zero-order valence-electron chi connectivity index (χ0n) is 23.4. The molecule has 5 rings (SSSR count). The second-order valence-electron chi connectivity index (χ2n) is 10.9. The number of piperidine rings is 1. The summed E-state index contributed by atoms with van der Waals surface area (Å²) in [6.45, 7) is 2.36. The molecule has 1 unspecified atom stereocenters. The molecule has 228 valence electrons. The van der Waals surface area contributed by atoms with Gasteiger partial charge in [-0.05, 0) is 118 Å². The van der Waals surface area contributed by atoms with Gasteiger partial charge in [0.25, 0.3) is 5.92 Å². The molecule has 0 aromatic heterocycles. The summed E-state index contributed by atoms with van der Waals surface area (Å²) in [5.41, 5.74) is 3.95. The third kappa shape index (κ3) is 8.65. The largest absolute Gasteiger partial charge is 0.490 e. The van der Waals surface area contributed by atoms with E-state index in [0.29, 0.717) is 35.2 Å². The molecule has 0 bridgehead atoms. The van der Waals surface area contributed by atoms with Gasteiger partial charge in [0.05, 0.1) is 11.7 Å². The minimum absolute atomic E-state index is 0.0539. The van der Waals surface area contributed by atoms with Gasteiger partial charge in [0.15, 0.2) is 0 Å². The summed E-state index contributed by atoms with van der Waals surface area (Å²) in [4.78, 5) is 14.3. The Bertz CT molecular complexity index is 1300. The van der Waals surface area contributed by atoms with E-state index >= 15 is 0 Å². The molecule has 1 atom stereocenters. The van der Waals surface area contributed by atoms with Gasteiger partial charge in [-0.2, -0.15) is 22.0 Å². The van der Waals surface area contributed by atoms with Crippen LogP contribution in [0.1, 0.15) is 49.7 Å². The van der Waals surface area contributed by atoms with Crippen molar-refractivity contribution in [1.82, 2.24) is 9.62 Å². The van der Waals surface area contributed by atoms with Gasteiger partial charge in [-0.25, -0.2) is 4.72 Å². The van der Waals surface area contributed by atoms with Crippen molar-refractivity contribution in [2.75, 3.05) is 20.1 Å². The molecule has 3 aromatic rings. The number of nitrogens with one attached hydrogen (secondary N) is 1. The number of nitrogens with two attached hydrogens (primary N) is 1. The Kier molecular flexibility index (Phi) is 10.9. The van der Waals surface area contributed by atoms with Crippen molar-refractivity contribution in [2.45, 2.75) is 73.7 Å². The van der Waals surface area contributed by atoms with E-state index in [0.717, 1.165) is 41.3 Å². The number of alkyl halides is 5. The Labute approximate surface area is 247 Å². The Morgan fingerprint density at radius 3 is 2.10 bits per heavy atom. The lowest BCUT2D eigenvalue weighted by Crippen LogP contribution is -2.41. The van der Waals surface area contributed by atoms with Crippen molar-refractivity contribution in [1.29, 1.82) is 0 Å². The monoisotopic (exact) mass is 609 g/mol. The number of carbonyl (C=O) groups is 1. The summed E-state index contributed by atoms with van der Waals surface area (Å²) < 4.78 is 76.2. The van der Waals surface area contributed by atoms with Gasteiger partial charge in [-0.1, -0.05) is 24.3 Å². The van der Waals surface area contributed by atoms with Gasteiger partial charge in [0.2, 0.25) is 0 Å². The van der Waals surface area contributed by atoms with Crippen molar-refractivity contribution in [3.8, 4) is 5.75 Å². The molecule has 3 aromatic carbocycles. The lowest BCUT2D eigenvalue weighted by Gasteiger charge is -2.25. The number of ether oxygens (including phenoxy) is 1. The van der Waals surface area contributed by atoms with Gasteiger partial charge in [-0.15, -0.1) is 0 Å². The SMILES string of the molecule is CN1CCC(N)CC1.O=CC(NSc1ccc2cc(OC3CCCC3)ccc2c1)C(F)(F)c1ccc(C(F)(F)F)cc1. The smallest absolute Gasteiger partial charge is 0.416 e. The van der Waals surface area contributed by atoms with Crippen molar-refractivity contribution < 1.29 is 31.5 Å². The molecule has 2 fully saturated rings. The summed E-state index contributed by atoms with van der Waals surface area (Å²) in [7, 11) is 2.14. The van der Waals surface area contributed by atoms with Gasteiger partial charge < -0.3 is 20.2 Å². The fraction of sp³-hybridized carbons (Fsp3) is 0.452.